The fraction of sp³-hybridized carbons (Fsp3) is 0.385. The van der Waals surface area contributed by atoms with E-state index in [0.29, 0.717) is 11.3 Å². The molecule has 3 rings (SSSR count). The summed E-state index contributed by atoms with van der Waals surface area (Å²) in [7, 11) is -0.105. The number of carbonyl (C=O) groups is 2. The van der Waals surface area contributed by atoms with Gasteiger partial charge in [-0.25, -0.2) is 4.79 Å². The van der Waals surface area contributed by atoms with Gasteiger partial charge in [0.05, 0.1) is 5.56 Å². The monoisotopic (exact) mass is 249 g/mol. The third kappa shape index (κ3) is 1.76. The maximum atomic E-state index is 12.3. The normalized spacial score (nSPS) is 24.6. The summed E-state index contributed by atoms with van der Waals surface area (Å²) < 4.78 is 5.27. The van der Waals surface area contributed by atoms with Crippen LogP contribution in [0.1, 0.15) is 23.2 Å². The first kappa shape index (κ1) is 10.8. The highest BCUT2D eigenvalue weighted by Crippen LogP contribution is 2.31. The quantitative estimate of drug-likeness (QED) is 0.328. The van der Waals surface area contributed by atoms with Crippen LogP contribution in [0.3, 0.4) is 0 Å². The largest absolute Gasteiger partial charge is 0.422 e. The van der Waals surface area contributed by atoms with E-state index in [1.54, 1.807) is 18.2 Å². The molecule has 0 aromatic heterocycles. The predicted molar refractivity (Wildman–Crippen MR) is 66.5 cm³/mol. The van der Waals surface area contributed by atoms with Crippen molar-refractivity contribution in [3.05, 3.63) is 29.8 Å². The molecule has 0 aliphatic carbocycles. The number of rotatable bonds is 1. The molecule has 0 saturated carbocycles. The van der Waals surface area contributed by atoms with Crippen LogP contribution in [0.25, 0.3) is 0 Å². The number of hydrogen-bond acceptors (Lipinski definition) is 3. The number of ketones is 1. The number of carbonyl (C=O) groups excluding carboxylic acids is 2. The minimum atomic E-state index is -0.535. The van der Waals surface area contributed by atoms with E-state index >= 15 is 0 Å². The Morgan fingerprint density at radius 1 is 1.12 bits per heavy atom. The molecule has 0 spiro atoms. The van der Waals surface area contributed by atoms with E-state index in [1.807, 2.05) is 6.07 Å². The zero-order chi connectivity index (χ0) is 11.8. The van der Waals surface area contributed by atoms with Crippen molar-refractivity contribution in [2.45, 2.75) is 18.1 Å². The molecule has 0 N–H and O–H groups in total. The number of fused-ring (bicyclic) bond motifs is 1. The highest BCUT2D eigenvalue weighted by atomic mass is 32.2. The van der Waals surface area contributed by atoms with Crippen molar-refractivity contribution in [1.82, 2.24) is 0 Å². The van der Waals surface area contributed by atoms with Gasteiger partial charge < -0.3 is 4.74 Å². The van der Waals surface area contributed by atoms with E-state index in [-0.39, 0.29) is 22.6 Å². The van der Waals surface area contributed by atoms with Gasteiger partial charge >= 0.3 is 5.97 Å². The van der Waals surface area contributed by atoms with E-state index in [9.17, 15) is 9.59 Å². The lowest BCUT2D eigenvalue weighted by molar-refractivity contribution is -0.133. The van der Waals surface area contributed by atoms with Gasteiger partial charge in [0, 0.05) is 10.9 Å². The SMILES string of the molecule is O=C1Oc2ccccc2C(=O)C1[S+]1CCCC1. The van der Waals surface area contributed by atoms with Crippen LogP contribution >= 0.6 is 0 Å². The number of ether oxygens (including phenoxy) is 1. The molecule has 2 heterocycles. The van der Waals surface area contributed by atoms with Gasteiger partial charge in [-0.3, -0.25) is 4.79 Å². The molecule has 2 aliphatic rings. The highest BCUT2D eigenvalue weighted by Gasteiger charge is 2.49. The molecule has 17 heavy (non-hydrogen) atoms. The molecular weight excluding hydrogens is 236 g/mol. The van der Waals surface area contributed by atoms with Gasteiger partial charge in [0.2, 0.25) is 5.78 Å². The van der Waals surface area contributed by atoms with Gasteiger partial charge in [-0.05, 0) is 25.0 Å². The fourth-order valence-corrected chi connectivity index (χ4v) is 4.94. The van der Waals surface area contributed by atoms with Crippen LogP contribution in [0.15, 0.2) is 24.3 Å². The topological polar surface area (TPSA) is 43.4 Å². The first-order valence-corrected chi connectivity index (χ1v) is 7.41. The highest BCUT2D eigenvalue weighted by molar-refractivity contribution is 7.99. The van der Waals surface area contributed by atoms with Crippen LogP contribution < -0.4 is 4.74 Å². The Morgan fingerprint density at radius 3 is 2.59 bits per heavy atom. The summed E-state index contributed by atoms with van der Waals surface area (Å²) in [6, 6.07) is 7.01. The zero-order valence-electron chi connectivity index (χ0n) is 9.35. The van der Waals surface area contributed by atoms with Crippen LogP contribution in [0.4, 0.5) is 0 Å². The standard InChI is InChI=1S/C13H13O3S/c14-11-9-5-1-2-6-10(9)16-13(15)12(11)17-7-3-4-8-17/h1-2,5-6,12H,3-4,7-8H2/q+1. The summed E-state index contributed by atoms with van der Waals surface area (Å²) in [5, 5.41) is -0.535. The molecule has 4 heteroatoms. The van der Waals surface area contributed by atoms with E-state index in [4.69, 9.17) is 4.74 Å². The summed E-state index contributed by atoms with van der Waals surface area (Å²) in [5.74, 6) is 2.02. The lowest BCUT2D eigenvalue weighted by Crippen LogP contribution is -2.44. The van der Waals surface area contributed by atoms with Gasteiger partial charge in [-0.2, -0.15) is 0 Å². The lowest BCUT2D eigenvalue weighted by Gasteiger charge is -2.20. The lowest BCUT2D eigenvalue weighted by atomic mass is 10.0. The van der Waals surface area contributed by atoms with Crippen LogP contribution in [0.5, 0.6) is 5.75 Å². The van der Waals surface area contributed by atoms with Crippen LogP contribution in [-0.4, -0.2) is 28.5 Å². The second kappa shape index (κ2) is 4.18. The van der Waals surface area contributed by atoms with Crippen molar-refractivity contribution >= 4 is 22.6 Å². The third-order valence-corrected chi connectivity index (χ3v) is 5.91. The van der Waals surface area contributed by atoms with Crippen molar-refractivity contribution < 1.29 is 14.3 Å². The molecule has 1 fully saturated rings. The molecule has 1 unspecified atom stereocenters. The molecule has 0 bridgehead atoms. The Kier molecular flexibility index (Phi) is 2.67. The zero-order valence-corrected chi connectivity index (χ0v) is 10.2. The summed E-state index contributed by atoms with van der Waals surface area (Å²) in [6.07, 6.45) is 2.25. The molecule has 1 atom stereocenters. The number of para-hydroxylation sites is 1. The number of benzene rings is 1. The van der Waals surface area contributed by atoms with E-state index < -0.39 is 5.25 Å². The van der Waals surface area contributed by atoms with Crippen LogP contribution in [-0.2, 0) is 15.7 Å². The van der Waals surface area contributed by atoms with Gasteiger partial charge in [0.1, 0.15) is 17.3 Å². The Labute approximate surface area is 103 Å². The van der Waals surface area contributed by atoms with Crippen molar-refractivity contribution in [2.24, 2.45) is 0 Å². The van der Waals surface area contributed by atoms with Gasteiger partial charge in [0.15, 0.2) is 0 Å². The molecular formula is C13H13O3S+. The maximum absolute atomic E-state index is 12.3. The smallest absolute Gasteiger partial charge is 0.373 e. The van der Waals surface area contributed by atoms with Crippen molar-refractivity contribution in [1.29, 1.82) is 0 Å². The molecule has 0 amide bonds. The summed E-state index contributed by atoms with van der Waals surface area (Å²) >= 11 is 0. The Bertz CT molecular complexity index is 477. The number of Topliss-reactive ketones (excluding diaryl/α,β-unsaturated/α-hetero) is 1. The second-order valence-electron chi connectivity index (χ2n) is 4.31. The Morgan fingerprint density at radius 2 is 1.82 bits per heavy atom. The summed E-state index contributed by atoms with van der Waals surface area (Å²) in [6.45, 7) is 0. The Hall–Kier alpha value is -1.29. The van der Waals surface area contributed by atoms with Gasteiger partial charge in [-0.1, -0.05) is 12.1 Å². The van der Waals surface area contributed by atoms with Gasteiger partial charge in [0.25, 0.3) is 5.25 Å². The van der Waals surface area contributed by atoms with Crippen molar-refractivity contribution in [3.8, 4) is 5.75 Å². The van der Waals surface area contributed by atoms with Crippen LogP contribution in [0, 0.1) is 0 Å². The summed E-state index contributed by atoms with van der Waals surface area (Å²) in [4.78, 5) is 24.2. The molecule has 1 aromatic rings. The van der Waals surface area contributed by atoms with Gasteiger partial charge in [-0.15, -0.1) is 0 Å². The predicted octanol–water partition coefficient (Wildman–Crippen LogP) is 1.57. The Balaban J connectivity index is 1.97. The van der Waals surface area contributed by atoms with Crippen molar-refractivity contribution in [3.63, 3.8) is 0 Å². The van der Waals surface area contributed by atoms with Crippen LogP contribution in [0.2, 0.25) is 0 Å². The fourth-order valence-electron chi connectivity index (χ4n) is 2.37. The molecule has 88 valence electrons. The first-order chi connectivity index (χ1) is 8.27. The average molecular weight is 249 g/mol. The van der Waals surface area contributed by atoms with Crippen molar-refractivity contribution in [2.75, 3.05) is 11.5 Å². The number of hydrogen-bond donors (Lipinski definition) is 0. The molecule has 3 nitrogen and oxygen atoms in total. The minimum Gasteiger partial charge on any atom is -0.422 e. The minimum absolute atomic E-state index is 0.0397. The molecule has 1 aromatic carbocycles. The second-order valence-corrected chi connectivity index (χ2v) is 6.68. The average Bonchev–Trinajstić information content (AvgIpc) is 2.83. The number of esters is 1. The maximum Gasteiger partial charge on any atom is 0.373 e. The summed E-state index contributed by atoms with van der Waals surface area (Å²) in [5.41, 5.74) is 0.566. The molecule has 0 radical (unpaired) electrons. The van der Waals surface area contributed by atoms with E-state index in [1.165, 1.54) is 0 Å². The van der Waals surface area contributed by atoms with E-state index in [0.717, 1.165) is 24.3 Å². The third-order valence-electron chi connectivity index (χ3n) is 3.21. The molecule has 2 aliphatic heterocycles. The first-order valence-electron chi connectivity index (χ1n) is 5.78. The molecule has 1 saturated heterocycles. The van der Waals surface area contributed by atoms with E-state index in [2.05, 4.69) is 0 Å².